The summed E-state index contributed by atoms with van der Waals surface area (Å²) in [6.45, 7) is 3.48. The van der Waals surface area contributed by atoms with E-state index < -0.39 is 17.5 Å². The molecule has 0 saturated carbocycles. The first-order chi connectivity index (χ1) is 12.3. The van der Waals surface area contributed by atoms with Gasteiger partial charge in [-0.05, 0) is 13.0 Å². The largest absolute Gasteiger partial charge is 0.381 e. The lowest BCUT2D eigenvalue weighted by Gasteiger charge is -2.35. The van der Waals surface area contributed by atoms with Gasteiger partial charge in [0, 0.05) is 44.6 Å². The molecule has 0 aliphatic carbocycles. The number of nitrogens with one attached hydrogen (secondary N) is 2. The van der Waals surface area contributed by atoms with E-state index in [1.165, 1.54) is 18.2 Å². The van der Waals surface area contributed by atoms with Crippen molar-refractivity contribution in [3.8, 4) is 0 Å². The molecular weight excluding hydrogens is 344 g/mol. The van der Waals surface area contributed by atoms with E-state index in [-0.39, 0.29) is 11.3 Å². The highest BCUT2D eigenvalue weighted by Crippen LogP contribution is 2.34. The minimum atomic E-state index is -3.07. The highest BCUT2D eigenvalue weighted by molar-refractivity contribution is 5.90. The molecule has 1 aliphatic heterocycles. The molecule has 0 spiro atoms. The molecule has 1 aromatic carbocycles. The van der Waals surface area contributed by atoms with Gasteiger partial charge in [0.25, 0.3) is 5.92 Å². The van der Waals surface area contributed by atoms with Crippen LogP contribution in [-0.2, 0) is 16.2 Å². The molecule has 1 aliphatic rings. The standard InChI is InChI=1S/C18H21F2N3O3/c1-12-11-15(26-23-12)18(7-9-25-10-8-18)22-16(24)21-14-6-4-3-5-13(14)17(2,19)20/h3-6,11H,7-10H2,1-2H3,(H2,21,22,24). The fraction of sp³-hybridized carbons (Fsp3) is 0.444. The number of para-hydroxylation sites is 1. The molecule has 1 aromatic heterocycles. The fourth-order valence-electron chi connectivity index (χ4n) is 3.09. The number of rotatable bonds is 4. The molecule has 1 saturated heterocycles. The van der Waals surface area contributed by atoms with Gasteiger partial charge in [-0.15, -0.1) is 0 Å². The molecule has 2 amide bonds. The van der Waals surface area contributed by atoms with Crippen molar-refractivity contribution in [3.63, 3.8) is 0 Å². The number of ether oxygens (including phenoxy) is 1. The number of carbonyl (C=O) groups is 1. The molecule has 0 bridgehead atoms. The van der Waals surface area contributed by atoms with Crippen LogP contribution in [0.4, 0.5) is 19.3 Å². The quantitative estimate of drug-likeness (QED) is 0.861. The highest BCUT2D eigenvalue weighted by Gasteiger charge is 2.40. The van der Waals surface area contributed by atoms with Crippen LogP contribution in [0.25, 0.3) is 0 Å². The third-order valence-electron chi connectivity index (χ3n) is 4.45. The van der Waals surface area contributed by atoms with Gasteiger partial charge in [-0.25, -0.2) is 13.6 Å². The fourth-order valence-corrected chi connectivity index (χ4v) is 3.09. The van der Waals surface area contributed by atoms with Crippen molar-refractivity contribution in [2.45, 2.75) is 38.2 Å². The summed E-state index contributed by atoms with van der Waals surface area (Å²) in [5.41, 5.74) is -0.267. The van der Waals surface area contributed by atoms with E-state index in [0.29, 0.717) is 37.5 Å². The number of carbonyl (C=O) groups excluding carboxylic acids is 1. The lowest BCUT2D eigenvalue weighted by Crippen LogP contribution is -2.50. The molecule has 2 heterocycles. The summed E-state index contributed by atoms with van der Waals surface area (Å²) in [5.74, 6) is -2.54. The lowest BCUT2D eigenvalue weighted by atomic mass is 9.87. The van der Waals surface area contributed by atoms with Gasteiger partial charge in [0.1, 0.15) is 5.54 Å². The number of amides is 2. The average Bonchev–Trinajstić information content (AvgIpc) is 3.02. The molecule has 1 fully saturated rings. The number of benzene rings is 1. The monoisotopic (exact) mass is 365 g/mol. The van der Waals surface area contributed by atoms with Crippen molar-refractivity contribution in [1.29, 1.82) is 0 Å². The summed E-state index contributed by atoms with van der Waals surface area (Å²) < 4.78 is 38.3. The molecule has 140 valence electrons. The second kappa shape index (κ2) is 7.03. The molecule has 0 atom stereocenters. The Balaban J connectivity index is 1.82. The van der Waals surface area contributed by atoms with Crippen LogP contribution in [0.5, 0.6) is 0 Å². The molecule has 3 rings (SSSR count). The number of aryl methyl sites for hydroxylation is 1. The summed E-state index contributed by atoms with van der Waals surface area (Å²) in [7, 11) is 0. The zero-order valence-corrected chi connectivity index (χ0v) is 14.6. The summed E-state index contributed by atoms with van der Waals surface area (Å²) in [6, 6.07) is 7.01. The third kappa shape index (κ3) is 3.85. The third-order valence-corrected chi connectivity index (χ3v) is 4.45. The normalized spacial score (nSPS) is 16.9. The molecule has 0 unspecified atom stereocenters. The topological polar surface area (TPSA) is 76.4 Å². The second-order valence-electron chi connectivity index (χ2n) is 6.54. The summed E-state index contributed by atoms with van der Waals surface area (Å²) in [4.78, 5) is 12.6. The van der Waals surface area contributed by atoms with Crippen LogP contribution in [0.2, 0.25) is 0 Å². The number of aromatic nitrogens is 1. The molecule has 2 aromatic rings. The van der Waals surface area contributed by atoms with Crippen molar-refractivity contribution in [1.82, 2.24) is 10.5 Å². The molecule has 2 N–H and O–H groups in total. The van der Waals surface area contributed by atoms with Crippen LogP contribution in [0.3, 0.4) is 0 Å². The first kappa shape index (κ1) is 18.3. The Bertz CT molecular complexity index is 780. The highest BCUT2D eigenvalue weighted by atomic mass is 19.3. The van der Waals surface area contributed by atoms with E-state index >= 15 is 0 Å². The van der Waals surface area contributed by atoms with Crippen LogP contribution in [0, 0.1) is 6.92 Å². The molecule has 6 nitrogen and oxygen atoms in total. The predicted octanol–water partition coefficient (Wildman–Crippen LogP) is 3.92. The Morgan fingerprint density at radius 2 is 1.96 bits per heavy atom. The maximum atomic E-state index is 13.8. The van der Waals surface area contributed by atoms with E-state index in [1.807, 2.05) is 0 Å². The first-order valence-electron chi connectivity index (χ1n) is 8.38. The Morgan fingerprint density at radius 1 is 1.27 bits per heavy atom. The number of alkyl halides is 2. The van der Waals surface area contributed by atoms with E-state index in [9.17, 15) is 13.6 Å². The number of hydrogen-bond donors (Lipinski definition) is 2. The lowest BCUT2D eigenvalue weighted by molar-refractivity contribution is 0.0182. The van der Waals surface area contributed by atoms with Gasteiger partial charge in [0.2, 0.25) is 0 Å². The van der Waals surface area contributed by atoms with Crippen molar-refractivity contribution in [3.05, 3.63) is 47.3 Å². The zero-order valence-electron chi connectivity index (χ0n) is 14.6. The smallest absolute Gasteiger partial charge is 0.320 e. The average molecular weight is 365 g/mol. The summed E-state index contributed by atoms with van der Waals surface area (Å²) in [6.07, 6.45) is 1.00. The summed E-state index contributed by atoms with van der Waals surface area (Å²) in [5, 5.41) is 9.30. The maximum Gasteiger partial charge on any atom is 0.320 e. The van der Waals surface area contributed by atoms with E-state index in [0.717, 1.165) is 6.92 Å². The SMILES string of the molecule is Cc1cc(C2(NC(=O)Nc3ccccc3C(C)(F)F)CCOCC2)on1. The van der Waals surface area contributed by atoms with E-state index in [1.54, 1.807) is 19.1 Å². The number of nitrogens with zero attached hydrogens (tertiary/aromatic N) is 1. The van der Waals surface area contributed by atoms with Gasteiger partial charge in [0.15, 0.2) is 5.76 Å². The van der Waals surface area contributed by atoms with Crippen molar-refractivity contribution in [2.75, 3.05) is 18.5 Å². The predicted molar refractivity (Wildman–Crippen MR) is 91.1 cm³/mol. The van der Waals surface area contributed by atoms with Crippen molar-refractivity contribution >= 4 is 11.7 Å². The van der Waals surface area contributed by atoms with Gasteiger partial charge in [-0.1, -0.05) is 23.4 Å². The number of urea groups is 1. The number of halogens is 2. The van der Waals surface area contributed by atoms with Gasteiger partial charge in [-0.3, -0.25) is 0 Å². The molecular formula is C18H21F2N3O3. The minimum absolute atomic E-state index is 0.0634. The molecule has 0 radical (unpaired) electrons. The van der Waals surface area contributed by atoms with Crippen LogP contribution >= 0.6 is 0 Å². The molecule has 8 heteroatoms. The van der Waals surface area contributed by atoms with E-state index in [4.69, 9.17) is 9.26 Å². The number of anilines is 1. The van der Waals surface area contributed by atoms with Crippen LogP contribution < -0.4 is 10.6 Å². The number of hydrogen-bond acceptors (Lipinski definition) is 4. The Kier molecular flexibility index (Phi) is 4.95. The molecule has 26 heavy (non-hydrogen) atoms. The Labute approximate surface area is 149 Å². The Hall–Kier alpha value is -2.48. The van der Waals surface area contributed by atoms with Gasteiger partial charge in [-0.2, -0.15) is 0 Å². The second-order valence-corrected chi connectivity index (χ2v) is 6.54. The van der Waals surface area contributed by atoms with Crippen LogP contribution in [0.15, 0.2) is 34.9 Å². The van der Waals surface area contributed by atoms with Crippen molar-refractivity contribution in [2.24, 2.45) is 0 Å². The van der Waals surface area contributed by atoms with Gasteiger partial charge < -0.3 is 19.9 Å². The Morgan fingerprint density at radius 3 is 2.58 bits per heavy atom. The van der Waals surface area contributed by atoms with Crippen molar-refractivity contribution < 1.29 is 22.8 Å². The van der Waals surface area contributed by atoms with Crippen LogP contribution in [0.1, 0.15) is 36.8 Å². The van der Waals surface area contributed by atoms with Crippen LogP contribution in [-0.4, -0.2) is 24.4 Å². The first-order valence-corrected chi connectivity index (χ1v) is 8.38. The zero-order chi connectivity index (χ0) is 18.8. The maximum absolute atomic E-state index is 13.8. The summed E-state index contributed by atoms with van der Waals surface area (Å²) >= 11 is 0. The van der Waals surface area contributed by atoms with Gasteiger partial charge >= 0.3 is 6.03 Å². The van der Waals surface area contributed by atoms with Gasteiger partial charge in [0.05, 0.1) is 11.4 Å². The van der Waals surface area contributed by atoms with E-state index in [2.05, 4.69) is 15.8 Å². The minimum Gasteiger partial charge on any atom is -0.381 e.